The molecule has 2 aromatic rings. The Hall–Kier alpha value is -1.69. The quantitative estimate of drug-likeness (QED) is 0.909. The summed E-state index contributed by atoms with van der Waals surface area (Å²) in [5, 5.41) is 11.2. The van der Waals surface area contributed by atoms with Crippen LogP contribution < -0.4 is 4.90 Å². The van der Waals surface area contributed by atoms with Crippen LogP contribution in [-0.2, 0) is 6.54 Å². The van der Waals surface area contributed by atoms with Crippen LogP contribution in [0.5, 0.6) is 0 Å². The first-order chi connectivity index (χ1) is 11.0. The lowest BCUT2D eigenvalue weighted by molar-refractivity contribution is 0.0561. The molecule has 1 N–H and O–H groups in total. The highest BCUT2D eigenvalue weighted by Gasteiger charge is 2.37. The summed E-state index contributed by atoms with van der Waals surface area (Å²) in [6.45, 7) is 2.91. The van der Waals surface area contributed by atoms with Gasteiger partial charge in [0.15, 0.2) is 0 Å². The number of benzene rings is 1. The molecule has 23 heavy (non-hydrogen) atoms. The standard InChI is InChI=1S/C17H21ClN4O/c1-21(16-10-19-9-15(18)20-16)12-17(23)7-8-22(13-17)11-14-5-3-2-4-6-14/h2-6,9-10,23H,7-8,11-13H2,1H3. The number of aliphatic hydroxyl groups is 1. The lowest BCUT2D eigenvalue weighted by Gasteiger charge is -2.29. The van der Waals surface area contributed by atoms with Crippen LogP contribution in [0.25, 0.3) is 0 Å². The van der Waals surface area contributed by atoms with Crippen LogP contribution in [0.15, 0.2) is 42.7 Å². The van der Waals surface area contributed by atoms with Crippen molar-refractivity contribution >= 4 is 17.4 Å². The van der Waals surface area contributed by atoms with E-state index >= 15 is 0 Å². The number of rotatable bonds is 5. The molecular weight excluding hydrogens is 312 g/mol. The van der Waals surface area contributed by atoms with Gasteiger partial charge < -0.3 is 10.0 Å². The van der Waals surface area contributed by atoms with Crippen molar-refractivity contribution in [3.63, 3.8) is 0 Å². The minimum atomic E-state index is -0.743. The molecule has 1 atom stereocenters. The van der Waals surface area contributed by atoms with Crippen molar-refractivity contribution in [3.05, 3.63) is 53.4 Å². The normalized spacial score (nSPS) is 21.5. The molecule has 1 saturated heterocycles. The van der Waals surface area contributed by atoms with Crippen LogP contribution in [0.3, 0.4) is 0 Å². The van der Waals surface area contributed by atoms with E-state index in [2.05, 4.69) is 27.0 Å². The van der Waals surface area contributed by atoms with E-state index in [1.165, 1.54) is 11.8 Å². The molecule has 1 aromatic heterocycles. The number of hydrogen-bond donors (Lipinski definition) is 1. The number of hydrogen-bond acceptors (Lipinski definition) is 5. The first-order valence-corrected chi connectivity index (χ1v) is 8.09. The molecule has 1 fully saturated rings. The highest BCUT2D eigenvalue weighted by atomic mass is 35.5. The number of nitrogens with zero attached hydrogens (tertiary/aromatic N) is 4. The smallest absolute Gasteiger partial charge is 0.149 e. The van der Waals surface area contributed by atoms with Gasteiger partial charge in [-0.15, -0.1) is 0 Å². The first-order valence-electron chi connectivity index (χ1n) is 7.71. The fraction of sp³-hybridized carbons (Fsp3) is 0.412. The summed E-state index contributed by atoms with van der Waals surface area (Å²) in [4.78, 5) is 12.5. The van der Waals surface area contributed by atoms with Gasteiger partial charge in [-0.25, -0.2) is 4.98 Å². The Balaban J connectivity index is 1.60. The van der Waals surface area contributed by atoms with Crippen LogP contribution in [0.1, 0.15) is 12.0 Å². The number of halogens is 1. The lowest BCUT2D eigenvalue weighted by atomic mass is 10.0. The van der Waals surface area contributed by atoms with Crippen LogP contribution in [-0.4, -0.2) is 52.3 Å². The second kappa shape index (κ2) is 6.83. The largest absolute Gasteiger partial charge is 0.387 e. The Kier molecular flexibility index (Phi) is 4.80. The number of anilines is 1. The van der Waals surface area contributed by atoms with E-state index in [1.54, 1.807) is 6.20 Å². The fourth-order valence-corrected chi connectivity index (χ4v) is 3.23. The number of likely N-dealkylation sites (tertiary alicyclic amines) is 1. The highest BCUT2D eigenvalue weighted by molar-refractivity contribution is 6.29. The highest BCUT2D eigenvalue weighted by Crippen LogP contribution is 2.25. The summed E-state index contributed by atoms with van der Waals surface area (Å²) < 4.78 is 0. The lowest BCUT2D eigenvalue weighted by Crippen LogP contribution is -2.44. The molecule has 0 bridgehead atoms. The number of aromatic nitrogens is 2. The van der Waals surface area contributed by atoms with Crippen molar-refractivity contribution in [3.8, 4) is 0 Å². The van der Waals surface area contributed by atoms with Crippen molar-refractivity contribution in [1.29, 1.82) is 0 Å². The molecule has 3 rings (SSSR count). The fourth-order valence-electron chi connectivity index (χ4n) is 3.09. The van der Waals surface area contributed by atoms with Crippen LogP contribution in [0, 0.1) is 0 Å². The van der Waals surface area contributed by atoms with Crippen molar-refractivity contribution in [1.82, 2.24) is 14.9 Å². The molecule has 0 saturated carbocycles. The van der Waals surface area contributed by atoms with Gasteiger partial charge in [0, 0.05) is 33.2 Å². The Bertz CT molecular complexity index is 654. The summed E-state index contributed by atoms with van der Waals surface area (Å²) in [6, 6.07) is 10.3. The Morgan fingerprint density at radius 2 is 2.09 bits per heavy atom. The van der Waals surface area contributed by atoms with E-state index in [4.69, 9.17) is 11.6 Å². The van der Waals surface area contributed by atoms with E-state index < -0.39 is 5.60 Å². The second-order valence-electron chi connectivity index (χ2n) is 6.23. The minimum absolute atomic E-state index is 0.360. The molecule has 6 heteroatoms. The molecule has 1 aromatic carbocycles. The van der Waals surface area contributed by atoms with Gasteiger partial charge in [0.05, 0.1) is 18.0 Å². The number of β-amino-alcohol motifs (C(OH)–C–C–N with tert-alkyl or cyclic N) is 1. The van der Waals surface area contributed by atoms with E-state index in [9.17, 15) is 5.11 Å². The zero-order valence-electron chi connectivity index (χ0n) is 13.2. The molecule has 1 unspecified atom stereocenters. The van der Waals surface area contributed by atoms with Gasteiger partial charge in [0.2, 0.25) is 0 Å². The Morgan fingerprint density at radius 3 is 2.83 bits per heavy atom. The predicted octanol–water partition coefficient (Wildman–Crippen LogP) is 2.20. The van der Waals surface area contributed by atoms with Crippen LogP contribution in [0.2, 0.25) is 5.15 Å². The van der Waals surface area contributed by atoms with Crippen LogP contribution in [0.4, 0.5) is 5.82 Å². The summed E-state index contributed by atoms with van der Waals surface area (Å²) in [5.74, 6) is 0.674. The molecule has 5 nitrogen and oxygen atoms in total. The summed E-state index contributed by atoms with van der Waals surface area (Å²) in [6.07, 6.45) is 3.91. The summed E-state index contributed by atoms with van der Waals surface area (Å²) >= 11 is 5.88. The van der Waals surface area contributed by atoms with Crippen molar-refractivity contribution < 1.29 is 5.11 Å². The van der Waals surface area contributed by atoms with Crippen molar-refractivity contribution in [2.45, 2.75) is 18.6 Å². The molecule has 0 amide bonds. The van der Waals surface area contributed by atoms with Crippen LogP contribution >= 0.6 is 11.6 Å². The zero-order chi connectivity index (χ0) is 16.3. The SMILES string of the molecule is CN(CC1(O)CCN(Cc2ccccc2)C1)c1cncc(Cl)n1. The Labute approximate surface area is 141 Å². The van der Waals surface area contributed by atoms with Crippen molar-refractivity contribution in [2.75, 3.05) is 31.6 Å². The van der Waals surface area contributed by atoms with Gasteiger partial charge in [0.1, 0.15) is 11.0 Å². The van der Waals surface area contributed by atoms with Gasteiger partial charge in [0.25, 0.3) is 0 Å². The summed E-state index contributed by atoms with van der Waals surface area (Å²) in [7, 11) is 1.90. The molecule has 2 heterocycles. The summed E-state index contributed by atoms with van der Waals surface area (Å²) in [5.41, 5.74) is 0.527. The predicted molar refractivity (Wildman–Crippen MR) is 91.6 cm³/mol. The number of likely N-dealkylation sites (N-methyl/N-ethyl adjacent to an activating group) is 1. The molecular formula is C17H21ClN4O. The average molecular weight is 333 g/mol. The average Bonchev–Trinajstić information content (AvgIpc) is 2.89. The van der Waals surface area contributed by atoms with E-state index in [0.29, 0.717) is 24.1 Å². The maximum absolute atomic E-state index is 10.9. The molecule has 1 aliphatic heterocycles. The van der Waals surface area contributed by atoms with Gasteiger partial charge in [-0.1, -0.05) is 41.9 Å². The monoisotopic (exact) mass is 332 g/mol. The third-order valence-corrected chi connectivity index (χ3v) is 4.36. The molecule has 0 aliphatic carbocycles. The van der Waals surface area contributed by atoms with Gasteiger partial charge in [-0.2, -0.15) is 0 Å². The van der Waals surface area contributed by atoms with E-state index in [1.807, 2.05) is 30.1 Å². The molecule has 0 spiro atoms. The molecule has 0 radical (unpaired) electrons. The maximum atomic E-state index is 10.9. The maximum Gasteiger partial charge on any atom is 0.149 e. The van der Waals surface area contributed by atoms with Gasteiger partial charge in [-0.05, 0) is 12.0 Å². The third kappa shape index (κ3) is 4.19. The Morgan fingerprint density at radius 1 is 1.30 bits per heavy atom. The third-order valence-electron chi connectivity index (χ3n) is 4.18. The second-order valence-corrected chi connectivity index (χ2v) is 6.61. The minimum Gasteiger partial charge on any atom is -0.387 e. The van der Waals surface area contributed by atoms with Gasteiger partial charge >= 0.3 is 0 Å². The molecule has 1 aliphatic rings. The van der Waals surface area contributed by atoms with Crippen molar-refractivity contribution in [2.24, 2.45) is 0 Å². The van der Waals surface area contributed by atoms with E-state index in [-0.39, 0.29) is 0 Å². The first kappa shape index (κ1) is 16.2. The topological polar surface area (TPSA) is 52.5 Å². The molecule has 122 valence electrons. The van der Waals surface area contributed by atoms with Gasteiger partial charge in [-0.3, -0.25) is 9.88 Å². The van der Waals surface area contributed by atoms with E-state index in [0.717, 1.165) is 19.5 Å². The zero-order valence-corrected chi connectivity index (χ0v) is 13.9.